The summed E-state index contributed by atoms with van der Waals surface area (Å²) in [5.74, 6) is 1.87. The second kappa shape index (κ2) is 9.78. The van der Waals surface area contributed by atoms with Gasteiger partial charge in [0.1, 0.15) is 11.6 Å². The van der Waals surface area contributed by atoms with Crippen molar-refractivity contribution in [3.05, 3.63) is 96.2 Å². The molecule has 2 aromatic heterocycles. The highest BCUT2D eigenvalue weighted by Crippen LogP contribution is 2.25. The summed E-state index contributed by atoms with van der Waals surface area (Å²) < 4.78 is 7.57. The van der Waals surface area contributed by atoms with Gasteiger partial charge in [0, 0.05) is 44.5 Å². The Morgan fingerprint density at radius 2 is 1.75 bits per heavy atom. The van der Waals surface area contributed by atoms with Gasteiger partial charge in [-0.2, -0.15) is 10.1 Å². The Balaban J connectivity index is 1.58. The summed E-state index contributed by atoms with van der Waals surface area (Å²) in [6.07, 6.45) is 2.63. The highest BCUT2D eigenvalue weighted by molar-refractivity contribution is 6.04. The first-order valence-corrected chi connectivity index (χ1v) is 10.4. The molecule has 0 radical (unpaired) electrons. The molecule has 0 aliphatic heterocycles. The Labute approximate surface area is 187 Å². The number of hydrogen-bond donors (Lipinski definition) is 1. The number of likely N-dealkylation sites (N-methyl/N-ethyl adjacent to an activating group) is 1. The van der Waals surface area contributed by atoms with E-state index in [-0.39, 0.29) is 5.91 Å². The summed E-state index contributed by atoms with van der Waals surface area (Å²) >= 11 is 0. The fraction of sp³-hybridized carbons (Fsp3) is 0.160. The number of rotatable bonds is 8. The normalized spacial score (nSPS) is 10.6. The van der Waals surface area contributed by atoms with Crippen LogP contribution in [0.2, 0.25) is 0 Å². The lowest BCUT2D eigenvalue weighted by Crippen LogP contribution is -2.22. The summed E-state index contributed by atoms with van der Waals surface area (Å²) in [7, 11) is 3.76. The predicted molar refractivity (Wildman–Crippen MR) is 125 cm³/mol. The number of amides is 1. The molecule has 0 aliphatic carbocycles. The maximum Gasteiger partial charge on any atom is 0.257 e. The molecule has 0 spiro atoms. The quantitative estimate of drug-likeness (QED) is 0.447. The van der Waals surface area contributed by atoms with Crippen molar-refractivity contribution >= 4 is 17.5 Å². The molecular formula is C25H25N5O2. The van der Waals surface area contributed by atoms with E-state index < -0.39 is 0 Å². The second-order valence-electron chi connectivity index (χ2n) is 7.45. The van der Waals surface area contributed by atoms with Crippen molar-refractivity contribution in [2.75, 3.05) is 23.8 Å². The van der Waals surface area contributed by atoms with E-state index in [1.807, 2.05) is 60.5 Å². The topological polar surface area (TPSA) is 72.3 Å². The van der Waals surface area contributed by atoms with Crippen LogP contribution in [0.3, 0.4) is 0 Å². The molecule has 0 fully saturated rings. The summed E-state index contributed by atoms with van der Waals surface area (Å²) in [4.78, 5) is 19.6. The summed E-state index contributed by atoms with van der Waals surface area (Å²) in [5.41, 5.74) is 1.68. The minimum absolute atomic E-state index is 0.276. The SMILES string of the molecule is CN(CCc1ccccc1)c1cc(C(=O)Nc2ccn(C)n2)cc(Oc2ccccc2)n1. The van der Waals surface area contributed by atoms with Crippen LogP contribution < -0.4 is 15.0 Å². The molecule has 4 aromatic rings. The number of anilines is 2. The Morgan fingerprint density at radius 1 is 1.03 bits per heavy atom. The monoisotopic (exact) mass is 427 g/mol. The van der Waals surface area contributed by atoms with Crippen molar-refractivity contribution in [3.8, 4) is 11.6 Å². The van der Waals surface area contributed by atoms with Crippen LogP contribution in [0, 0.1) is 0 Å². The molecule has 7 heteroatoms. The smallest absolute Gasteiger partial charge is 0.257 e. The third-order valence-corrected chi connectivity index (χ3v) is 4.94. The zero-order valence-electron chi connectivity index (χ0n) is 18.1. The lowest BCUT2D eigenvalue weighted by atomic mass is 10.1. The average molecular weight is 428 g/mol. The molecule has 0 bridgehead atoms. The zero-order chi connectivity index (χ0) is 22.3. The number of carbonyl (C=O) groups is 1. The summed E-state index contributed by atoms with van der Waals surface area (Å²) in [5, 5.41) is 7.04. The molecule has 162 valence electrons. The number of nitrogens with zero attached hydrogens (tertiary/aromatic N) is 4. The highest BCUT2D eigenvalue weighted by atomic mass is 16.5. The van der Waals surface area contributed by atoms with Gasteiger partial charge in [-0.05, 0) is 30.2 Å². The standard InChI is InChI=1S/C25H25N5O2/c1-29(15-13-19-9-5-3-6-10-19)23-17-20(25(31)26-22-14-16-30(2)28-22)18-24(27-23)32-21-11-7-4-8-12-21/h3-12,14,16-18H,13,15H2,1-2H3,(H,26,28,31). The number of aryl methyl sites for hydroxylation is 1. The predicted octanol–water partition coefficient (Wildman–Crippen LogP) is 4.54. The van der Waals surface area contributed by atoms with Gasteiger partial charge in [-0.1, -0.05) is 48.5 Å². The molecule has 2 heterocycles. The number of nitrogens with one attached hydrogen (secondary N) is 1. The summed E-state index contributed by atoms with van der Waals surface area (Å²) in [6.45, 7) is 0.743. The molecule has 0 saturated heterocycles. The lowest BCUT2D eigenvalue weighted by Gasteiger charge is -2.20. The molecule has 0 aliphatic rings. The van der Waals surface area contributed by atoms with Crippen molar-refractivity contribution < 1.29 is 9.53 Å². The van der Waals surface area contributed by atoms with Crippen LogP contribution in [-0.2, 0) is 13.5 Å². The van der Waals surface area contributed by atoms with Gasteiger partial charge in [0.05, 0.1) is 0 Å². The summed E-state index contributed by atoms with van der Waals surface area (Å²) in [6, 6.07) is 24.8. The van der Waals surface area contributed by atoms with Gasteiger partial charge in [0.2, 0.25) is 5.88 Å². The van der Waals surface area contributed by atoms with Crippen molar-refractivity contribution in [2.45, 2.75) is 6.42 Å². The average Bonchev–Trinajstić information content (AvgIpc) is 3.23. The fourth-order valence-electron chi connectivity index (χ4n) is 3.21. The van der Waals surface area contributed by atoms with E-state index in [1.165, 1.54) is 5.56 Å². The van der Waals surface area contributed by atoms with Gasteiger partial charge in [-0.3, -0.25) is 9.48 Å². The van der Waals surface area contributed by atoms with Crippen LogP contribution in [0.15, 0.2) is 85.1 Å². The molecule has 0 saturated carbocycles. The van der Waals surface area contributed by atoms with E-state index in [1.54, 1.807) is 36.1 Å². The third kappa shape index (κ3) is 5.51. The first-order valence-electron chi connectivity index (χ1n) is 10.4. The Morgan fingerprint density at radius 3 is 2.44 bits per heavy atom. The number of carbonyl (C=O) groups excluding carboxylic acids is 1. The maximum absolute atomic E-state index is 12.9. The van der Waals surface area contributed by atoms with Gasteiger partial charge >= 0.3 is 0 Å². The fourth-order valence-corrected chi connectivity index (χ4v) is 3.21. The van der Waals surface area contributed by atoms with Gasteiger partial charge in [-0.25, -0.2) is 0 Å². The molecule has 32 heavy (non-hydrogen) atoms. The largest absolute Gasteiger partial charge is 0.439 e. The van der Waals surface area contributed by atoms with Gasteiger partial charge < -0.3 is 15.0 Å². The van der Waals surface area contributed by atoms with Crippen molar-refractivity contribution in [2.24, 2.45) is 7.05 Å². The third-order valence-electron chi connectivity index (χ3n) is 4.94. The van der Waals surface area contributed by atoms with E-state index in [2.05, 4.69) is 27.5 Å². The van der Waals surface area contributed by atoms with Crippen LogP contribution in [0.4, 0.5) is 11.6 Å². The minimum atomic E-state index is -0.276. The Hall–Kier alpha value is -4.13. The molecule has 1 N–H and O–H groups in total. The molecule has 0 unspecified atom stereocenters. The number of benzene rings is 2. The van der Waals surface area contributed by atoms with Crippen LogP contribution in [0.1, 0.15) is 15.9 Å². The van der Waals surface area contributed by atoms with Crippen LogP contribution in [-0.4, -0.2) is 34.3 Å². The van der Waals surface area contributed by atoms with E-state index in [4.69, 9.17) is 4.74 Å². The van der Waals surface area contributed by atoms with Gasteiger partial charge in [0.25, 0.3) is 5.91 Å². The van der Waals surface area contributed by atoms with E-state index in [0.29, 0.717) is 28.8 Å². The molecule has 2 aromatic carbocycles. The number of ether oxygens (including phenoxy) is 1. The number of para-hydroxylation sites is 1. The van der Waals surface area contributed by atoms with Crippen LogP contribution >= 0.6 is 0 Å². The number of hydrogen-bond acceptors (Lipinski definition) is 5. The maximum atomic E-state index is 12.9. The molecular weight excluding hydrogens is 402 g/mol. The molecule has 7 nitrogen and oxygen atoms in total. The second-order valence-corrected chi connectivity index (χ2v) is 7.45. The number of pyridine rings is 1. The van der Waals surface area contributed by atoms with Crippen molar-refractivity contribution in [1.29, 1.82) is 0 Å². The first kappa shape index (κ1) is 21.1. The van der Waals surface area contributed by atoms with E-state index in [0.717, 1.165) is 13.0 Å². The molecule has 4 rings (SSSR count). The van der Waals surface area contributed by atoms with Gasteiger partial charge in [0.15, 0.2) is 5.82 Å². The number of aromatic nitrogens is 3. The van der Waals surface area contributed by atoms with Gasteiger partial charge in [-0.15, -0.1) is 0 Å². The van der Waals surface area contributed by atoms with Crippen LogP contribution in [0.25, 0.3) is 0 Å². The van der Waals surface area contributed by atoms with Crippen molar-refractivity contribution in [3.63, 3.8) is 0 Å². The Bertz CT molecular complexity index is 1180. The van der Waals surface area contributed by atoms with E-state index >= 15 is 0 Å². The lowest BCUT2D eigenvalue weighted by molar-refractivity contribution is 0.102. The molecule has 0 atom stereocenters. The Kier molecular flexibility index (Phi) is 6.46. The highest BCUT2D eigenvalue weighted by Gasteiger charge is 2.15. The van der Waals surface area contributed by atoms with Crippen LogP contribution in [0.5, 0.6) is 11.6 Å². The van der Waals surface area contributed by atoms with E-state index in [9.17, 15) is 4.79 Å². The molecule has 1 amide bonds. The van der Waals surface area contributed by atoms with Crippen molar-refractivity contribution in [1.82, 2.24) is 14.8 Å². The first-order chi connectivity index (χ1) is 15.6. The minimum Gasteiger partial charge on any atom is -0.439 e. The zero-order valence-corrected chi connectivity index (χ0v) is 18.1.